The van der Waals surface area contributed by atoms with Crippen molar-refractivity contribution in [2.75, 3.05) is 0 Å². The molecule has 0 amide bonds. The summed E-state index contributed by atoms with van der Waals surface area (Å²) in [5.41, 5.74) is 2.91. The van der Waals surface area contributed by atoms with Gasteiger partial charge in [0.25, 0.3) is 0 Å². The normalized spacial score (nSPS) is 20.8. The topological polar surface area (TPSA) is 33.1 Å². The molecule has 2 aromatic rings. The molecule has 1 heterocycles. The minimum atomic E-state index is -0.430. The average molecular weight is 291 g/mol. The van der Waals surface area contributed by atoms with Crippen molar-refractivity contribution in [1.82, 2.24) is 4.98 Å². The van der Waals surface area contributed by atoms with Crippen molar-refractivity contribution in [3.63, 3.8) is 0 Å². The average Bonchev–Trinajstić information content (AvgIpc) is 2.70. The van der Waals surface area contributed by atoms with Gasteiger partial charge in [-0.2, -0.15) is 0 Å². The molecule has 1 atom stereocenters. The van der Waals surface area contributed by atoms with Gasteiger partial charge < -0.3 is 5.11 Å². The maximum Gasteiger partial charge on any atom is 0.124 e. The summed E-state index contributed by atoms with van der Waals surface area (Å²) in [5.74, 6) is -0.228. The van der Waals surface area contributed by atoms with Gasteiger partial charge in [0, 0.05) is 5.56 Å². The van der Waals surface area contributed by atoms with Crippen molar-refractivity contribution in [1.29, 1.82) is 0 Å². The number of halogens is 1. The third kappa shape index (κ3) is 2.38. The van der Waals surface area contributed by atoms with Gasteiger partial charge in [0.1, 0.15) is 10.8 Å². The number of thiazole rings is 1. The first kappa shape index (κ1) is 13.7. The van der Waals surface area contributed by atoms with E-state index in [1.165, 1.54) is 23.5 Å². The summed E-state index contributed by atoms with van der Waals surface area (Å²) < 4.78 is 13.2. The largest absolute Gasteiger partial charge is 0.387 e. The first-order chi connectivity index (χ1) is 9.35. The fraction of sp³-hybridized carbons (Fsp3) is 0.438. The zero-order valence-electron chi connectivity index (χ0n) is 11.9. The third-order valence-electron chi connectivity index (χ3n) is 3.84. The van der Waals surface area contributed by atoms with E-state index >= 15 is 0 Å². The molecule has 1 aliphatic rings. The van der Waals surface area contributed by atoms with Crippen LogP contribution in [0.15, 0.2) is 18.2 Å². The van der Waals surface area contributed by atoms with Crippen LogP contribution >= 0.6 is 11.3 Å². The number of hydrogen-bond donors (Lipinski definition) is 1. The highest BCUT2D eigenvalue weighted by Crippen LogP contribution is 2.45. The van der Waals surface area contributed by atoms with Crippen LogP contribution in [0.3, 0.4) is 0 Å². The molecule has 20 heavy (non-hydrogen) atoms. The number of aromatic nitrogens is 1. The molecular weight excluding hydrogens is 273 g/mol. The smallest absolute Gasteiger partial charge is 0.124 e. The second-order valence-corrected chi connectivity index (χ2v) is 7.38. The van der Waals surface area contributed by atoms with Crippen molar-refractivity contribution in [3.05, 3.63) is 40.2 Å². The molecule has 1 aromatic carbocycles. The Bertz CT molecular complexity index is 662. The van der Waals surface area contributed by atoms with Crippen molar-refractivity contribution < 1.29 is 9.50 Å². The molecule has 0 radical (unpaired) electrons. The van der Waals surface area contributed by atoms with E-state index in [-0.39, 0.29) is 11.2 Å². The number of hydrogen-bond acceptors (Lipinski definition) is 3. The first-order valence-electron chi connectivity index (χ1n) is 6.80. The third-order valence-corrected chi connectivity index (χ3v) is 5.07. The monoisotopic (exact) mass is 291 g/mol. The van der Waals surface area contributed by atoms with Gasteiger partial charge in [0.05, 0.1) is 16.7 Å². The Hall–Kier alpha value is -1.26. The fourth-order valence-corrected chi connectivity index (χ4v) is 4.03. The summed E-state index contributed by atoms with van der Waals surface area (Å²) in [5, 5.41) is 11.2. The maximum atomic E-state index is 13.2. The molecule has 3 rings (SSSR count). The molecule has 0 fully saturated rings. The Morgan fingerprint density at radius 2 is 2.15 bits per heavy atom. The van der Waals surface area contributed by atoms with E-state index in [1.54, 1.807) is 6.07 Å². The van der Waals surface area contributed by atoms with Crippen LogP contribution in [0.5, 0.6) is 0 Å². The van der Waals surface area contributed by atoms with Crippen LogP contribution < -0.4 is 0 Å². The van der Waals surface area contributed by atoms with Crippen LogP contribution in [-0.2, 0) is 6.42 Å². The van der Waals surface area contributed by atoms with Crippen molar-refractivity contribution in [2.24, 2.45) is 5.41 Å². The number of aliphatic hydroxyl groups is 1. The molecule has 1 unspecified atom stereocenters. The highest BCUT2D eigenvalue weighted by atomic mass is 32.1. The quantitative estimate of drug-likeness (QED) is 0.851. The Morgan fingerprint density at radius 1 is 1.40 bits per heavy atom. The molecule has 1 aromatic heterocycles. The predicted molar refractivity (Wildman–Crippen MR) is 79.3 cm³/mol. The molecule has 106 valence electrons. The van der Waals surface area contributed by atoms with E-state index in [2.05, 4.69) is 13.8 Å². The lowest BCUT2D eigenvalue weighted by molar-refractivity contribution is 0.102. The minimum Gasteiger partial charge on any atom is -0.387 e. The second kappa shape index (κ2) is 4.64. The molecule has 0 bridgehead atoms. The van der Waals surface area contributed by atoms with E-state index in [1.807, 2.05) is 6.92 Å². The van der Waals surface area contributed by atoms with Crippen LogP contribution in [0.4, 0.5) is 4.39 Å². The summed E-state index contributed by atoms with van der Waals surface area (Å²) >= 11 is 1.53. The zero-order chi connectivity index (χ0) is 14.5. The number of fused-ring (bicyclic) bond motifs is 1. The van der Waals surface area contributed by atoms with Crippen molar-refractivity contribution >= 4 is 11.3 Å². The predicted octanol–water partition coefficient (Wildman–Crippen LogP) is 4.26. The first-order valence-corrected chi connectivity index (χ1v) is 7.61. The Morgan fingerprint density at radius 3 is 2.85 bits per heavy atom. The number of nitrogens with zero attached hydrogens (tertiary/aromatic N) is 1. The van der Waals surface area contributed by atoms with E-state index in [0.29, 0.717) is 0 Å². The second-order valence-electron chi connectivity index (χ2n) is 6.35. The van der Waals surface area contributed by atoms with Gasteiger partial charge in [-0.25, -0.2) is 9.37 Å². The zero-order valence-corrected chi connectivity index (χ0v) is 12.7. The van der Waals surface area contributed by atoms with Gasteiger partial charge in [0.15, 0.2) is 0 Å². The minimum absolute atomic E-state index is 0.0790. The van der Waals surface area contributed by atoms with E-state index < -0.39 is 6.10 Å². The van der Waals surface area contributed by atoms with Gasteiger partial charge in [-0.05, 0) is 48.9 Å². The highest BCUT2D eigenvalue weighted by molar-refractivity contribution is 7.15. The van der Waals surface area contributed by atoms with Crippen molar-refractivity contribution in [2.45, 2.75) is 39.7 Å². The lowest BCUT2D eigenvalue weighted by Gasteiger charge is -2.31. The number of aliphatic hydroxyl groups excluding tert-OH is 1. The summed E-state index contributed by atoms with van der Waals surface area (Å²) in [7, 11) is 0. The summed E-state index contributed by atoms with van der Waals surface area (Å²) in [6, 6.07) is 4.76. The standard InChI is InChI=1S/C16H18FNOS/c1-9-6-10(17)4-5-11(9)15-18-12-7-16(2,3)8-13(19)14(12)20-15/h4-6,13,19H,7-8H2,1-3H3. The maximum absolute atomic E-state index is 13.2. The molecule has 1 N–H and O–H groups in total. The van der Waals surface area contributed by atoms with E-state index in [9.17, 15) is 9.50 Å². The molecule has 0 saturated heterocycles. The van der Waals surface area contributed by atoms with Crippen LogP contribution in [-0.4, -0.2) is 10.1 Å². The van der Waals surface area contributed by atoms with Crippen LogP contribution in [0, 0.1) is 18.2 Å². The molecular formula is C16H18FNOS. The molecule has 1 aliphatic carbocycles. The van der Waals surface area contributed by atoms with Gasteiger partial charge in [0.2, 0.25) is 0 Å². The molecule has 4 heteroatoms. The Balaban J connectivity index is 2.06. The lowest BCUT2D eigenvalue weighted by Crippen LogP contribution is -2.24. The highest BCUT2D eigenvalue weighted by Gasteiger charge is 2.34. The Kier molecular flexibility index (Phi) is 3.18. The summed E-state index contributed by atoms with van der Waals surface area (Å²) in [6.45, 7) is 6.20. The molecule has 2 nitrogen and oxygen atoms in total. The fourth-order valence-electron chi connectivity index (χ4n) is 2.87. The van der Waals surface area contributed by atoms with E-state index in [4.69, 9.17) is 4.98 Å². The number of rotatable bonds is 1. The van der Waals surface area contributed by atoms with Crippen LogP contribution in [0.25, 0.3) is 10.6 Å². The Labute approximate surface area is 122 Å². The van der Waals surface area contributed by atoms with Gasteiger partial charge in [-0.1, -0.05) is 13.8 Å². The number of aryl methyl sites for hydroxylation is 1. The van der Waals surface area contributed by atoms with Gasteiger partial charge >= 0.3 is 0 Å². The van der Waals surface area contributed by atoms with Gasteiger partial charge in [-0.15, -0.1) is 11.3 Å². The SMILES string of the molecule is Cc1cc(F)ccc1-c1nc2c(s1)C(O)CC(C)(C)C2. The lowest BCUT2D eigenvalue weighted by atomic mass is 9.77. The van der Waals surface area contributed by atoms with Crippen LogP contribution in [0.1, 0.15) is 42.5 Å². The molecule has 0 aliphatic heterocycles. The summed E-state index contributed by atoms with van der Waals surface area (Å²) in [4.78, 5) is 5.67. The van der Waals surface area contributed by atoms with E-state index in [0.717, 1.165) is 39.5 Å². The molecule has 0 saturated carbocycles. The van der Waals surface area contributed by atoms with Crippen LogP contribution in [0.2, 0.25) is 0 Å². The van der Waals surface area contributed by atoms with Gasteiger partial charge in [-0.3, -0.25) is 0 Å². The molecule has 0 spiro atoms. The summed E-state index contributed by atoms with van der Waals surface area (Å²) in [6.07, 6.45) is 1.22. The van der Waals surface area contributed by atoms with Crippen molar-refractivity contribution in [3.8, 4) is 10.6 Å². The number of benzene rings is 1.